The Hall–Kier alpha value is -3.52. The molecule has 0 N–H and O–H groups in total. The number of rotatable bonds is 4. The van der Waals surface area contributed by atoms with Gasteiger partial charge in [0.25, 0.3) is 5.89 Å². The van der Waals surface area contributed by atoms with Gasteiger partial charge in [-0.05, 0) is 30.2 Å². The van der Waals surface area contributed by atoms with Gasteiger partial charge >= 0.3 is 0 Å². The van der Waals surface area contributed by atoms with Crippen molar-refractivity contribution in [3.63, 3.8) is 0 Å². The fourth-order valence-corrected chi connectivity index (χ4v) is 3.45. The molecule has 0 fully saturated rings. The van der Waals surface area contributed by atoms with Gasteiger partial charge in [-0.15, -0.1) is 5.10 Å². The van der Waals surface area contributed by atoms with Gasteiger partial charge in [0.2, 0.25) is 5.82 Å². The van der Waals surface area contributed by atoms with Crippen molar-refractivity contribution >= 4 is 0 Å². The molecule has 0 amide bonds. The summed E-state index contributed by atoms with van der Waals surface area (Å²) in [6, 6.07) is 15.8. The van der Waals surface area contributed by atoms with Crippen LogP contribution in [0.5, 0.6) is 5.75 Å². The van der Waals surface area contributed by atoms with Crippen LogP contribution in [0, 0.1) is 6.92 Å². The minimum Gasteiger partial charge on any atom is -0.497 e. The maximum absolute atomic E-state index is 6.06. The van der Waals surface area contributed by atoms with Gasteiger partial charge in [0.15, 0.2) is 5.69 Å². The fourth-order valence-electron chi connectivity index (χ4n) is 3.45. The summed E-state index contributed by atoms with van der Waals surface area (Å²) in [6.07, 6.45) is -0.104. The molecule has 2 aromatic heterocycles. The van der Waals surface area contributed by atoms with E-state index in [-0.39, 0.29) is 6.10 Å². The van der Waals surface area contributed by atoms with Gasteiger partial charge in [0, 0.05) is 5.56 Å². The van der Waals surface area contributed by atoms with E-state index in [1.54, 1.807) is 7.11 Å². The zero-order valence-electron chi connectivity index (χ0n) is 16.1. The first-order valence-corrected chi connectivity index (χ1v) is 9.31. The van der Waals surface area contributed by atoms with Gasteiger partial charge in [0.05, 0.1) is 26.0 Å². The molecule has 4 aromatic rings. The van der Waals surface area contributed by atoms with E-state index >= 15 is 0 Å². The Morgan fingerprint density at radius 3 is 2.72 bits per heavy atom. The van der Waals surface area contributed by atoms with Crippen LogP contribution in [0.2, 0.25) is 0 Å². The highest BCUT2D eigenvalue weighted by atomic mass is 16.5. The summed E-state index contributed by atoms with van der Waals surface area (Å²) >= 11 is 0. The van der Waals surface area contributed by atoms with E-state index in [0.29, 0.717) is 30.6 Å². The number of methoxy groups -OCH3 is 1. The van der Waals surface area contributed by atoms with Crippen LogP contribution in [0.15, 0.2) is 53.1 Å². The fraction of sp³-hybridized carbons (Fsp3) is 0.238. The van der Waals surface area contributed by atoms with Gasteiger partial charge in [-0.1, -0.05) is 46.8 Å². The maximum Gasteiger partial charge on any atom is 0.280 e. The first-order valence-electron chi connectivity index (χ1n) is 9.31. The Balaban J connectivity index is 1.40. The van der Waals surface area contributed by atoms with Crippen molar-refractivity contribution in [2.75, 3.05) is 7.11 Å². The van der Waals surface area contributed by atoms with Crippen LogP contribution in [0.4, 0.5) is 0 Å². The Morgan fingerprint density at radius 1 is 1.10 bits per heavy atom. The molecule has 8 nitrogen and oxygen atoms in total. The van der Waals surface area contributed by atoms with Crippen LogP contribution in [0.1, 0.15) is 22.9 Å². The largest absolute Gasteiger partial charge is 0.497 e. The molecule has 0 saturated carbocycles. The third kappa shape index (κ3) is 3.17. The quantitative estimate of drug-likeness (QED) is 0.527. The maximum atomic E-state index is 6.06. The third-order valence-electron chi connectivity index (χ3n) is 5.10. The van der Waals surface area contributed by atoms with Crippen LogP contribution >= 0.6 is 0 Å². The molecule has 8 heteroatoms. The lowest BCUT2D eigenvalue weighted by Crippen LogP contribution is -2.22. The predicted octanol–water partition coefficient (Wildman–Crippen LogP) is 3.58. The van der Waals surface area contributed by atoms with E-state index in [4.69, 9.17) is 14.0 Å². The zero-order chi connectivity index (χ0) is 19.8. The second-order valence-corrected chi connectivity index (χ2v) is 6.88. The summed E-state index contributed by atoms with van der Waals surface area (Å²) in [5.41, 5.74) is 4.46. The first-order chi connectivity index (χ1) is 14.2. The first kappa shape index (κ1) is 17.6. The standard InChI is InChI=1S/C21H19N5O3/c1-13-5-3-4-6-16(13)20-22-21(29-24-20)19-17-12-28-18(11-26(17)25-23-19)14-7-9-15(27-2)10-8-14/h3-10,18H,11-12H2,1-2H3. The normalized spacial score (nSPS) is 15.9. The van der Waals surface area contributed by atoms with Crippen LogP contribution in [-0.2, 0) is 17.9 Å². The molecule has 0 aliphatic carbocycles. The predicted molar refractivity (Wildman–Crippen MR) is 104 cm³/mol. The number of aromatic nitrogens is 5. The van der Waals surface area contributed by atoms with Crippen molar-refractivity contribution in [3.05, 3.63) is 65.4 Å². The lowest BCUT2D eigenvalue weighted by Gasteiger charge is -2.24. The average Bonchev–Trinajstić information content (AvgIpc) is 3.40. The number of hydrogen-bond donors (Lipinski definition) is 0. The molecule has 0 saturated heterocycles. The average molecular weight is 389 g/mol. The van der Waals surface area contributed by atoms with Crippen LogP contribution in [0.25, 0.3) is 23.0 Å². The van der Waals surface area contributed by atoms with Crippen LogP contribution in [0.3, 0.4) is 0 Å². The van der Waals surface area contributed by atoms with Gasteiger partial charge < -0.3 is 14.0 Å². The molecule has 0 spiro atoms. The van der Waals surface area contributed by atoms with Gasteiger partial charge in [-0.3, -0.25) is 0 Å². The molecule has 5 rings (SSSR count). The Kier molecular flexibility index (Phi) is 4.33. The summed E-state index contributed by atoms with van der Waals surface area (Å²) in [4.78, 5) is 4.53. The van der Waals surface area contributed by atoms with E-state index in [1.807, 2.05) is 60.1 Å². The number of fused-ring (bicyclic) bond motifs is 1. The number of aryl methyl sites for hydroxylation is 1. The van der Waals surface area contributed by atoms with Crippen LogP contribution < -0.4 is 4.74 Å². The molecule has 0 bridgehead atoms. The minimum absolute atomic E-state index is 0.104. The summed E-state index contributed by atoms with van der Waals surface area (Å²) in [7, 11) is 1.65. The van der Waals surface area contributed by atoms with Crippen molar-refractivity contribution in [1.82, 2.24) is 25.1 Å². The van der Waals surface area contributed by atoms with Crippen molar-refractivity contribution in [3.8, 4) is 28.7 Å². The van der Waals surface area contributed by atoms with Crippen molar-refractivity contribution in [2.45, 2.75) is 26.2 Å². The van der Waals surface area contributed by atoms with Gasteiger partial charge in [0.1, 0.15) is 11.9 Å². The molecule has 1 aliphatic heterocycles. The van der Waals surface area contributed by atoms with Gasteiger partial charge in [-0.25, -0.2) is 4.68 Å². The third-order valence-corrected chi connectivity index (χ3v) is 5.10. The molecule has 29 heavy (non-hydrogen) atoms. The van der Waals surface area contributed by atoms with E-state index in [9.17, 15) is 0 Å². The molecular weight excluding hydrogens is 370 g/mol. The van der Waals surface area contributed by atoms with E-state index in [2.05, 4.69) is 20.5 Å². The molecule has 2 aromatic carbocycles. The highest BCUT2D eigenvalue weighted by Gasteiger charge is 2.28. The minimum atomic E-state index is -0.104. The molecule has 1 aliphatic rings. The molecule has 1 unspecified atom stereocenters. The Morgan fingerprint density at radius 2 is 1.93 bits per heavy atom. The van der Waals surface area contributed by atoms with Crippen molar-refractivity contribution in [1.29, 1.82) is 0 Å². The molecule has 0 radical (unpaired) electrons. The molecular formula is C21H19N5O3. The highest BCUT2D eigenvalue weighted by Crippen LogP contribution is 2.31. The summed E-state index contributed by atoms with van der Waals surface area (Å²) in [6.45, 7) is 2.94. The van der Waals surface area contributed by atoms with E-state index in [1.165, 1.54) is 0 Å². The second-order valence-electron chi connectivity index (χ2n) is 6.88. The summed E-state index contributed by atoms with van der Waals surface area (Å²) in [5, 5.41) is 12.7. The molecule has 146 valence electrons. The zero-order valence-corrected chi connectivity index (χ0v) is 16.1. The lowest BCUT2D eigenvalue weighted by molar-refractivity contribution is -0.00119. The highest BCUT2D eigenvalue weighted by molar-refractivity contribution is 5.62. The van der Waals surface area contributed by atoms with Crippen LogP contribution in [-0.4, -0.2) is 32.2 Å². The topological polar surface area (TPSA) is 88.1 Å². The summed E-state index contributed by atoms with van der Waals surface area (Å²) < 4.78 is 18.6. The monoisotopic (exact) mass is 389 g/mol. The number of nitrogens with zero attached hydrogens (tertiary/aromatic N) is 5. The number of hydrogen-bond acceptors (Lipinski definition) is 7. The lowest BCUT2D eigenvalue weighted by atomic mass is 10.1. The second kappa shape index (κ2) is 7.14. The Bertz CT molecular complexity index is 1150. The molecule has 3 heterocycles. The SMILES string of the molecule is COc1ccc(C2Cn3nnc(-c4nc(-c5ccccc5C)no4)c3CO2)cc1. The van der Waals surface area contributed by atoms with Crippen molar-refractivity contribution in [2.24, 2.45) is 0 Å². The van der Waals surface area contributed by atoms with Gasteiger partial charge in [-0.2, -0.15) is 4.98 Å². The molecule has 1 atom stereocenters. The van der Waals surface area contributed by atoms with E-state index in [0.717, 1.165) is 28.1 Å². The Labute approximate surface area is 167 Å². The van der Waals surface area contributed by atoms with E-state index < -0.39 is 0 Å². The smallest absolute Gasteiger partial charge is 0.280 e. The number of ether oxygens (including phenoxy) is 2. The summed E-state index contributed by atoms with van der Waals surface area (Å²) in [5.74, 6) is 1.69. The number of benzene rings is 2. The van der Waals surface area contributed by atoms with Crippen molar-refractivity contribution < 1.29 is 14.0 Å².